The molecule has 0 radical (unpaired) electrons. The van der Waals surface area contributed by atoms with Crippen LogP contribution < -0.4 is 4.90 Å². The average Bonchev–Trinajstić information content (AvgIpc) is 2.91. The van der Waals surface area contributed by atoms with Gasteiger partial charge in [-0.1, -0.05) is 18.2 Å². The minimum Gasteiger partial charge on any atom is -0.369 e. The zero-order chi connectivity index (χ0) is 11.7. The fraction of sp³-hybridized carbons (Fsp3) is 0.308. The largest absolute Gasteiger partial charge is 0.369 e. The van der Waals surface area contributed by atoms with Crippen molar-refractivity contribution in [3.05, 3.63) is 30.0 Å². The third-order valence-corrected chi connectivity index (χ3v) is 3.17. The van der Waals surface area contributed by atoms with E-state index in [0.717, 1.165) is 29.7 Å². The van der Waals surface area contributed by atoms with Crippen LogP contribution in [0.2, 0.25) is 0 Å². The molecule has 0 atom stereocenters. The summed E-state index contributed by atoms with van der Waals surface area (Å²) in [5.41, 5.74) is 2.24. The molecular weight excluding hydrogens is 212 g/mol. The summed E-state index contributed by atoms with van der Waals surface area (Å²) in [6.45, 7) is 2.01. The molecule has 1 aromatic heterocycles. The van der Waals surface area contributed by atoms with Crippen LogP contribution in [0.15, 0.2) is 24.3 Å². The van der Waals surface area contributed by atoms with E-state index in [1.807, 2.05) is 24.3 Å². The molecule has 1 aromatic carbocycles. The number of nitrogens with zero attached hydrogens (tertiary/aromatic N) is 4. The number of hydrogen-bond donors (Lipinski definition) is 0. The lowest BCUT2D eigenvalue weighted by molar-refractivity contribution is 0.945. The fourth-order valence-corrected chi connectivity index (χ4v) is 2.38. The van der Waals surface area contributed by atoms with Gasteiger partial charge in [-0.15, -0.1) is 10.2 Å². The van der Waals surface area contributed by atoms with E-state index in [0.29, 0.717) is 5.69 Å². The van der Waals surface area contributed by atoms with Crippen molar-refractivity contribution < 1.29 is 0 Å². The Hall–Kier alpha value is -2.15. The van der Waals surface area contributed by atoms with Crippen LogP contribution in [0.25, 0.3) is 10.9 Å². The predicted molar refractivity (Wildman–Crippen MR) is 65.7 cm³/mol. The third kappa shape index (κ3) is 1.60. The van der Waals surface area contributed by atoms with Crippen LogP contribution in [-0.4, -0.2) is 23.3 Å². The molecule has 0 unspecified atom stereocenters. The molecule has 2 aromatic rings. The Bertz CT molecular complexity index is 594. The van der Waals surface area contributed by atoms with Gasteiger partial charge in [0.15, 0.2) is 5.69 Å². The van der Waals surface area contributed by atoms with Gasteiger partial charge in [0, 0.05) is 18.5 Å². The zero-order valence-corrected chi connectivity index (χ0v) is 9.43. The van der Waals surface area contributed by atoms with Gasteiger partial charge in [0.1, 0.15) is 6.07 Å². The molecule has 2 heterocycles. The molecule has 0 saturated carbocycles. The molecular formula is C13H12N4. The molecule has 1 aliphatic rings. The Balaban J connectivity index is 2.27. The van der Waals surface area contributed by atoms with E-state index in [4.69, 9.17) is 5.26 Å². The summed E-state index contributed by atoms with van der Waals surface area (Å²) in [4.78, 5) is 2.25. The van der Waals surface area contributed by atoms with Crippen LogP contribution in [0.3, 0.4) is 0 Å². The molecule has 0 N–H and O–H groups in total. The van der Waals surface area contributed by atoms with E-state index in [1.54, 1.807) is 0 Å². The highest BCUT2D eigenvalue weighted by Gasteiger charge is 2.19. The monoisotopic (exact) mass is 224 g/mol. The van der Waals surface area contributed by atoms with E-state index >= 15 is 0 Å². The first-order chi connectivity index (χ1) is 8.40. The third-order valence-electron chi connectivity index (χ3n) is 3.17. The Morgan fingerprint density at radius 3 is 2.65 bits per heavy atom. The molecule has 4 heteroatoms. The van der Waals surface area contributed by atoms with E-state index in [2.05, 4.69) is 21.2 Å². The van der Waals surface area contributed by atoms with Crippen molar-refractivity contribution in [3.8, 4) is 6.07 Å². The second-order valence-electron chi connectivity index (χ2n) is 4.22. The Morgan fingerprint density at radius 1 is 1.12 bits per heavy atom. The SMILES string of the molecule is N#Cc1nnc2ccccc2c1N1CCCC1. The van der Waals surface area contributed by atoms with Gasteiger partial charge < -0.3 is 4.90 Å². The van der Waals surface area contributed by atoms with E-state index < -0.39 is 0 Å². The van der Waals surface area contributed by atoms with E-state index in [9.17, 15) is 0 Å². The van der Waals surface area contributed by atoms with Gasteiger partial charge in [0.25, 0.3) is 0 Å². The van der Waals surface area contributed by atoms with Crippen LogP contribution in [0.4, 0.5) is 5.69 Å². The zero-order valence-electron chi connectivity index (χ0n) is 9.43. The molecule has 0 amide bonds. The van der Waals surface area contributed by atoms with Crippen LogP contribution in [0.5, 0.6) is 0 Å². The number of benzene rings is 1. The number of hydrogen-bond acceptors (Lipinski definition) is 4. The topological polar surface area (TPSA) is 52.8 Å². The molecule has 4 nitrogen and oxygen atoms in total. The van der Waals surface area contributed by atoms with Gasteiger partial charge in [0.2, 0.25) is 0 Å². The second-order valence-corrected chi connectivity index (χ2v) is 4.22. The summed E-state index contributed by atoms with van der Waals surface area (Å²) in [5, 5.41) is 18.3. The van der Waals surface area contributed by atoms with Crippen molar-refractivity contribution in [1.82, 2.24) is 10.2 Å². The molecule has 1 aliphatic heterocycles. The number of nitriles is 1. The highest BCUT2D eigenvalue weighted by molar-refractivity contribution is 5.93. The summed E-state index contributed by atoms with van der Waals surface area (Å²) in [5.74, 6) is 0. The Kier molecular flexibility index (Phi) is 2.37. The van der Waals surface area contributed by atoms with Gasteiger partial charge >= 0.3 is 0 Å². The molecule has 17 heavy (non-hydrogen) atoms. The van der Waals surface area contributed by atoms with Gasteiger partial charge in [0.05, 0.1) is 11.2 Å². The standard InChI is InChI=1S/C13H12N4/c14-9-12-13(17-7-3-4-8-17)10-5-1-2-6-11(10)15-16-12/h1-2,5-6H,3-4,7-8H2. The molecule has 0 bridgehead atoms. The van der Waals surface area contributed by atoms with Crippen molar-refractivity contribution in [2.45, 2.75) is 12.8 Å². The van der Waals surface area contributed by atoms with E-state index in [1.165, 1.54) is 12.8 Å². The first kappa shape index (κ1) is 10.0. The molecule has 84 valence electrons. The minimum absolute atomic E-state index is 0.436. The first-order valence-corrected chi connectivity index (χ1v) is 5.80. The summed E-state index contributed by atoms with van der Waals surface area (Å²) in [7, 11) is 0. The van der Waals surface area contributed by atoms with Crippen molar-refractivity contribution in [3.63, 3.8) is 0 Å². The van der Waals surface area contributed by atoms with Gasteiger partial charge in [-0.3, -0.25) is 0 Å². The summed E-state index contributed by atoms with van der Waals surface area (Å²) < 4.78 is 0. The predicted octanol–water partition coefficient (Wildman–Crippen LogP) is 2.10. The first-order valence-electron chi connectivity index (χ1n) is 5.80. The maximum absolute atomic E-state index is 9.16. The van der Waals surface area contributed by atoms with Crippen molar-refractivity contribution >= 4 is 16.6 Å². The van der Waals surface area contributed by atoms with Crippen LogP contribution in [0.1, 0.15) is 18.5 Å². The Morgan fingerprint density at radius 2 is 1.88 bits per heavy atom. The molecule has 0 spiro atoms. The summed E-state index contributed by atoms with van der Waals surface area (Å²) in [6.07, 6.45) is 2.36. The molecule has 3 rings (SSSR count). The normalized spacial score (nSPS) is 15.1. The van der Waals surface area contributed by atoms with Crippen molar-refractivity contribution in [1.29, 1.82) is 5.26 Å². The lowest BCUT2D eigenvalue weighted by Crippen LogP contribution is -2.20. The highest BCUT2D eigenvalue weighted by Crippen LogP contribution is 2.30. The van der Waals surface area contributed by atoms with Gasteiger partial charge in [-0.05, 0) is 18.9 Å². The number of rotatable bonds is 1. The summed E-state index contributed by atoms with van der Waals surface area (Å²) in [6, 6.07) is 10.0. The second kappa shape index (κ2) is 4.02. The molecule has 1 fully saturated rings. The molecule has 0 aliphatic carbocycles. The maximum atomic E-state index is 9.16. The number of aromatic nitrogens is 2. The van der Waals surface area contributed by atoms with Gasteiger partial charge in [-0.25, -0.2) is 0 Å². The van der Waals surface area contributed by atoms with E-state index in [-0.39, 0.29) is 0 Å². The lowest BCUT2D eigenvalue weighted by Gasteiger charge is -2.19. The van der Waals surface area contributed by atoms with Crippen molar-refractivity contribution in [2.24, 2.45) is 0 Å². The van der Waals surface area contributed by atoms with Crippen LogP contribution in [0, 0.1) is 11.3 Å². The van der Waals surface area contributed by atoms with Crippen molar-refractivity contribution in [2.75, 3.05) is 18.0 Å². The Labute approximate surface area is 99.5 Å². The lowest BCUT2D eigenvalue weighted by atomic mass is 10.1. The van der Waals surface area contributed by atoms with Crippen LogP contribution in [-0.2, 0) is 0 Å². The summed E-state index contributed by atoms with van der Waals surface area (Å²) >= 11 is 0. The van der Waals surface area contributed by atoms with Crippen LogP contribution >= 0.6 is 0 Å². The fourth-order valence-electron chi connectivity index (χ4n) is 2.38. The minimum atomic E-state index is 0.436. The average molecular weight is 224 g/mol. The van der Waals surface area contributed by atoms with Gasteiger partial charge in [-0.2, -0.15) is 5.26 Å². The number of fused-ring (bicyclic) bond motifs is 1. The smallest absolute Gasteiger partial charge is 0.187 e. The number of anilines is 1. The molecule has 1 saturated heterocycles. The quantitative estimate of drug-likeness (QED) is 0.744. The maximum Gasteiger partial charge on any atom is 0.187 e. The highest BCUT2D eigenvalue weighted by atomic mass is 15.2.